The number of hydrogen-bond acceptors (Lipinski definition) is 8. The van der Waals surface area contributed by atoms with Gasteiger partial charge in [-0.15, -0.1) is 30.0 Å². The molecule has 1 N–H and O–H groups in total. The van der Waals surface area contributed by atoms with Gasteiger partial charge in [-0.05, 0) is 44.7 Å². The number of fused-ring (bicyclic) bond motifs is 2. The molecule has 2 bridgehead atoms. The van der Waals surface area contributed by atoms with Crippen LogP contribution in [0.15, 0.2) is 49.6 Å². The molecule has 0 radical (unpaired) electrons. The number of nitrogens with zero attached hydrogens (tertiary/aromatic N) is 5. The molecule has 5 rings (SSSR count). The third-order valence-electron chi connectivity index (χ3n) is 8.27. The molecule has 4 heterocycles. The Bertz CT molecular complexity index is 1300. The number of hydrogen-bond donors (Lipinski definition) is 1. The van der Waals surface area contributed by atoms with E-state index < -0.39 is 27.4 Å². The molecule has 39 heavy (non-hydrogen) atoms. The third-order valence-corrected chi connectivity index (χ3v) is 10.3. The van der Waals surface area contributed by atoms with Gasteiger partial charge in [0.1, 0.15) is 18.2 Å². The number of thioether (sulfide) groups is 1. The normalized spacial score (nSPS) is 29.0. The first-order valence-electron chi connectivity index (χ1n) is 13.4. The van der Waals surface area contributed by atoms with Crippen LogP contribution in [0.4, 0.5) is 0 Å². The van der Waals surface area contributed by atoms with Crippen molar-refractivity contribution in [2.45, 2.75) is 54.8 Å². The van der Waals surface area contributed by atoms with Crippen molar-refractivity contribution in [3.63, 3.8) is 0 Å². The second-order valence-electron chi connectivity index (χ2n) is 10.6. The van der Waals surface area contributed by atoms with Gasteiger partial charge >= 0.3 is 5.97 Å². The van der Waals surface area contributed by atoms with E-state index >= 15 is 0 Å². The molecular weight excluding hydrogens is 518 g/mol. The van der Waals surface area contributed by atoms with Gasteiger partial charge < -0.3 is 19.6 Å². The highest BCUT2D eigenvalue weighted by Crippen LogP contribution is 2.71. The van der Waals surface area contributed by atoms with E-state index in [9.17, 15) is 19.5 Å². The van der Waals surface area contributed by atoms with Gasteiger partial charge in [0.2, 0.25) is 11.8 Å². The molecule has 208 valence electrons. The van der Waals surface area contributed by atoms with Crippen molar-refractivity contribution in [2.24, 2.45) is 11.8 Å². The Morgan fingerprint density at radius 3 is 2.82 bits per heavy atom. The zero-order chi connectivity index (χ0) is 27.8. The van der Waals surface area contributed by atoms with Crippen molar-refractivity contribution in [2.75, 3.05) is 26.3 Å². The summed E-state index contributed by atoms with van der Waals surface area (Å²) in [7, 11) is 0. The summed E-state index contributed by atoms with van der Waals surface area (Å²) in [6.45, 7) is 10.3. The minimum atomic E-state index is -0.783. The second-order valence-corrected chi connectivity index (χ2v) is 12.5. The summed E-state index contributed by atoms with van der Waals surface area (Å²) in [6.07, 6.45) is 5.55. The Morgan fingerprint density at radius 1 is 1.28 bits per heavy atom. The number of benzene rings is 1. The Hall–Kier alpha value is -3.18. The van der Waals surface area contributed by atoms with E-state index in [4.69, 9.17) is 4.74 Å². The molecule has 3 saturated heterocycles. The zero-order valence-electron chi connectivity index (χ0n) is 22.2. The average Bonchev–Trinajstić information content (AvgIpc) is 3.62. The van der Waals surface area contributed by atoms with Crippen LogP contribution in [0.2, 0.25) is 0 Å². The van der Waals surface area contributed by atoms with E-state index in [2.05, 4.69) is 23.5 Å². The maximum atomic E-state index is 14.5. The Kier molecular flexibility index (Phi) is 7.56. The standard InChI is InChI=1S/C28H35N5O5S/c1-4-6-17-38-26(37)22-21-24(35)32(15-9-16-34)23(28(21)13-12-27(22,3)39-28)25(36)31(14-5-2)18-33-20-11-8-7-10-19(20)29-30-33/h4-5,7-8,10-11,21-23,34H,1-2,6,9,12-18H2,3H3/t21-,22-,23?,27+,28?/m0/s1. The number of aliphatic hydroxyl groups excluding tert-OH is 1. The second kappa shape index (κ2) is 10.8. The fraction of sp³-hybridized carbons (Fsp3) is 0.536. The SMILES string of the molecule is C=CCCOC(=O)[C@@H]1[C@H]2C(=O)N(CCCO)C(C(=O)N(CC=C)Cn3nnc4ccccc43)C23CC[C@@]1(C)S3. The summed E-state index contributed by atoms with van der Waals surface area (Å²) in [5.74, 6) is -2.13. The van der Waals surface area contributed by atoms with Crippen LogP contribution in [0.5, 0.6) is 0 Å². The summed E-state index contributed by atoms with van der Waals surface area (Å²) in [5, 5.41) is 18.1. The molecule has 2 unspecified atom stereocenters. The fourth-order valence-electron chi connectivity index (χ4n) is 6.61. The number of esters is 1. The quantitative estimate of drug-likeness (QED) is 0.242. The van der Waals surface area contributed by atoms with Crippen molar-refractivity contribution >= 4 is 40.6 Å². The van der Waals surface area contributed by atoms with Crippen LogP contribution in [0.25, 0.3) is 11.0 Å². The fourth-order valence-corrected chi connectivity index (χ4v) is 8.95. The number of likely N-dealkylation sites (tertiary alicyclic amines) is 1. The first-order chi connectivity index (χ1) is 18.8. The van der Waals surface area contributed by atoms with Gasteiger partial charge in [0, 0.05) is 24.4 Å². The minimum Gasteiger partial charge on any atom is -0.465 e. The molecule has 11 heteroatoms. The van der Waals surface area contributed by atoms with Crippen LogP contribution < -0.4 is 0 Å². The first-order valence-corrected chi connectivity index (χ1v) is 14.2. The zero-order valence-corrected chi connectivity index (χ0v) is 23.0. The number of rotatable bonds is 12. The maximum absolute atomic E-state index is 14.5. The highest BCUT2D eigenvalue weighted by molar-refractivity contribution is 8.02. The van der Waals surface area contributed by atoms with E-state index in [1.165, 1.54) is 0 Å². The van der Waals surface area contributed by atoms with Crippen LogP contribution in [0.3, 0.4) is 0 Å². The number of ether oxygens (including phenoxy) is 1. The highest BCUT2D eigenvalue weighted by Gasteiger charge is 2.77. The molecule has 2 aromatic rings. The molecule has 1 spiro atoms. The lowest BCUT2D eigenvalue weighted by atomic mass is 9.66. The van der Waals surface area contributed by atoms with Gasteiger partial charge in [-0.1, -0.05) is 29.5 Å². The van der Waals surface area contributed by atoms with E-state index in [1.54, 1.807) is 38.4 Å². The lowest BCUT2D eigenvalue weighted by Gasteiger charge is -2.37. The van der Waals surface area contributed by atoms with Crippen LogP contribution in [0, 0.1) is 11.8 Å². The summed E-state index contributed by atoms with van der Waals surface area (Å²) >= 11 is 1.60. The summed E-state index contributed by atoms with van der Waals surface area (Å²) in [5.41, 5.74) is 1.51. The molecule has 2 amide bonds. The van der Waals surface area contributed by atoms with E-state index in [0.29, 0.717) is 25.7 Å². The average molecular weight is 554 g/mol. The molecule has 5 atom stereocenters. The van der Waals surface area contributed by atoms with Gasteiger partial charge in [0.15, 0.2) is 0 Å². The maximum Gasteiger partial charge on any atom is 0.311 e. The first kappa shape index (κ1) is 27.4. The van der Waals surface area contributed by atoms with Gasteiger partial charge in [-0.2, -0.15) is 0 Å². The van der Waals surface area contributed by atoms with Crippen molar-refractivity contribution < 1.29 is 24.2 Å². The summed E-state index contributed by atoms with van der Waals surface area (Å²) in [4.78, 5) is 45.1. The summed E-state index contributed by atoms with van der Waals surface area (Å²) < 4.78 is 5.99. The smallest absolute Gasteiger partial charge is 0.311 e. The van der Waals surface area contributed by atoms with Gasteiger partial charge in [-0.3, -0.25) is 14.4 Å². The molecule has 0 saturated carbocycles. The van der Waals surface area contributed by atoms with Crippen molar-refractivity contribution in [1.82, 2.24) is 24.8 Å². The predicted octanol–water partition coefficient (Wildman–Crippen LogP) is 2.39. The van der Waals surface area contributed by atoms with Gasteiger partial charge in [-0.25, -0.2) is 4.68 Å². The lowest BCUT2D eigenvalue weighted by molar-refractivity contribution is -0.155. The number of carbonyl (C=O) groups excluding carboxylic acids is 3. The molecule has 3 aliphatic rings. The number of carbonyl (C=O) groups is 3. The minimum absolute atomic E-state index is 0.110. The van der Waals surface area contributed by atoms with E-state index in [0.717, 1.165) is 11.0 Å². The third kappa shape index (κ3) is 4.45. The Labute approximate surface area is 232 Å². The number of amides is 2. The van der Waals surface area contributed by atoms with Crippen molar-refractivity contribution in [1.29, 1.82) is 0 Å². The summed E-state index contributed by atoms with van der Waals surface area (Å²) in [6, 6.07) is 6.74. The molecular formula is C28H35N5O5S. The van der Waals surface area contributed by atoms with Crippen LogP contribution >= 0.6 is 11.8 Å². The molecule has 10 nitrogen and oxygen atoms in total. The topological polar surface area (TPSA) is 118 Å². The largest absolute Gasteiger partial charge is 0.465 e. The number of aliphatic hydroxyl groups is 1. The molecule has 3 fully saturated rings. The lowest BCUT2D eigenvalue weighted by Crippen LogP contribution is -2.55. The molecule has 1 aromatic heterocycles. The molecule has 1 aromatic carbocycles. The van der Waals surface area contributed by atoms with Gasteiger partial charge in [0.25, 0.3) is 0 Å². The van der Waals surface area contributed by atoms with Crippen molar-refractivity contribution in [3.05, 3.63) is 49.6 Å². The highest BCUT2D eigenvalue weighted by atomic mass is 32.2. The van der Waals surface area contributed by atoms with Gasteiger partial charge in [0.05, 0.1) is 28.7 Å². The Morgan fingerprint density at radius 2 is 2.08 bits per heavy atom. The van der Waals surface area contributed by atoms with E-state index in [1.807, 2.05) is 31.2 Å². The molecule has 0 aliphatic carbocycles. The Balaban J connectivity index is 1.50. The number of para-hydroxylation sites is 1. The van der Waals surface area contributed by atoms with Crippen LogP contribution in [0.1, 0.15) is 32.6 Å². The van der Waals surface area contributed by atoms with E-state index in [-0.39, 0.29) is 50.8 Å². The van der Waals surface area contributed by atoms with Crippen LogP contribution in [-0.2, 0) is 25.8 Å². The number of aromatic nitrogens is 3. The molecule has 3 aliphatic heterocycles. The predicted molar refractivity (Wildman–Crippen MR) is 147 cm³/mol. The van der Waals surface area contributed by atoms with Crippen LogP contribution in [-0.4, -0.2) is 89.5 Å². The monoisotopic (exact) mass is 553 g/mol. The van der Waals surface area contributed by atoms with Crippen molar-refractivity contribution in [3.8, 4) is 0 Å².